The van der Waals surface area contributed by atoms with E-state index in [0.29, 0.717) is 16.9 Å². The molecule has 2 aromatic carbocycles. The van der Waals surface area contributed by atoms with Gasteiger partial charge in [-0.3, -0.25) is 0 Å². The second-order valence-corrected chi connectivity index (χ2v) is 8.56. The van der Waals surface area contributed by atoms with Crippen molar-refractivity contribution in [1.29, 1.82) is 0 Å². The summed E-state index contributed by atoms with van der Waals surface area (Å²) in [6.45, 7) is -1.07. The minimum atomic E-state index is -1.52. The SMILES string of the molecule is COc1cc([C@@H](O)[C@H](CO)Oc2ccc(/C=C\CO[C@@H]3O[C@H](CO)[C@@H](O)[C@H](O)[C@H]3O)cc2OC)ccc1O. The van der Waals surface area contributed by atoms with Crippen LogP contribution in [-0.4, -0.2) is 107 Å². The lowest BCUT2D eigenvalue weighted by Gasteiger charge is -2.39. The molecule has 1 saturated heterocycles. The maximum absolute atomic E-state index is 10.7. The van der Waals surface area contributed by atoms with E-state index in [-0.39, 0.29) is 23.9 Å². The van der Waals surface area contributed by atoms with Crippen LogP contribution in [0, 0.1) is 0 Å². The number of ether oxygens (including phenoxy) is 5. The molecule has 0 aliphatic carbocycles. The van der Waals surface area contributed by atoms with Gasteiger partial charge in [-0.2, -0.15) is 0 Å². The topological polar surface area (TPSA) is 188 Å². The zero-order chi connectivity index (χ0) is 27.8. The van der Waals surface area contributed by atoms with E-state index in [2.05, 4.69) is 0 Å². The molecule has 2 aromatic rings. The Morgan fingerprint density at radius 2 is 1.66 bits per heavy atom. The van der Waals surface area contributed by atoms with Gasteiger partial charge in [-0.1, -0.05) is 24.3 Å². The van der Waals surface area contributed by atoms with Gasteiger partial charge >= 0.3 is 0 Å². The highest BCUT2D eigenvalue weighted by Crippen LogP contribution is 2.34. The van der Waals surface area contributed by atoms with Crippen LogP contribution >= 0.6 is 0 Å². The molecule has 7 atom stereocenters. The number of aliphatic hydroxyl groups is 6. The molecule has 0 radical (unpaired) electrons. The van der Waals surface area contributed by atoms with E-state index >= 15 is 0 Å². The number of methoxy groups -OCH3 is 2. The Balaban J connectivity index is 1.63. The lowest BCUT2D eigenvalue weighted by molar-refractivity contribution is -0.298. The number of aliphatic hydroxyl groups excluding tert-OH is 6. The molecule has 12 nitrogen and oxygen atoms in total. The summed E-state index contributed by atoms with van der Waals surface area (Å²) in [6.07, 6.45) is -5.75. The number of rotatable bonds is 12. The summed E-state index contributed by atoms with van der Waals surface area (Å²) in [7, 11) is 2.82. The molecule has 1 heterocycles. The molecule has 0 saturated carbocycles. The van der Waals surface area contributed by atoms with Gasteiger partial charge in [0.2, 0.25) is 0 Å². The van der Waals surface area contributed by atoms with E-state index in [9.17, 15) is 35.7 Å². The van der Waals surface area contributed by atoms with Crippen molar-refractivity contribution in [2.75, 3.05) is 34.0 Å². The molecule has 12 heteroatoms. The lowest BCUT2D eigenvalue weighted by atomic mass is 9.99. The third kappa shape index (κ3) is 6.92. The highest BCUT2D eigenvalue weighted by molar-refractivity contribution is 5.56. The van der Waals surface area contributed by atoms with Gasteiger partial charge in [-0.25, -0.2) is 0 Å². The van der Waals surface area contributed by atoms with Gasteiger partial charge in [0.25, 0.3) is 0 Å². The number of hydrogen-bond acceptors (Lipinski definition) is 12. The first-order chi connectivity index (χ1) is 18.2. The maximum atomic E-state index is 10.7. The fourth-order valence-corrected chi connectivity index (χ4v) is 3.88. The normalized spacial score (nSPS) is 25.2. The molecule has 0 aromatic heterocycles. The molecule has 210 valence electrons. The number of aromatic hydroxyl groups is 1. The Morgan fingerprint density at radius 3 is 2.32 bits per heavy atom. The molecule has 0 spiro atoms. The highest BCUT2D eigenvalue weighted by Gasteiger charge is 2.43. The van der Waals surface area contributed by atoms with Crippen LogP contribution in [-0.2, 0) is 9.47 Å². The Hall–Kier alpha value is -2.94. The molecule has 1 aliphatic rings. The summed E-state index contributed by atoms with van der Waals surface area (Å²) in [4.78, 5) is 0. The number of phenols is 1. The Morgan fingerprint density at radius 1 is 0.921 bits per heavy atom. The predicted molar refractivity (Wildman–Crippen MR) is 133 cm³/mol. The standard InChI is InChI=1S/C26H34O12/c1-34-18-11-15(6-7-16(18)29)22(30)20(12-27)37-17-8-5-14(10-19(17)35-2)4-3-9-36-26-25(33)24(32)23(31)21(13-28)38-26/h3-8,10-11,20-33H,9,12-13H2,1-2H3/b4-3-/t20-,21+,22+,23+,24-,25+,26+/m0/s1. The average Bonchev–Trinajstić information content (AvgIpc) is 2.94. The molecular formula is C26H34O12. The molecule has 7 N–H and O–H groups in total. The van der Waals surface area contributed by atoms with Gasteiger partial charge < -0.3 is 59.4 Å². The van der Waals surface area contributed by atoms with E-state index in [0.717, 1.165) is 0 Å². The molecular weight excluding hydrogens is 504 g/mol. The van der Waals surface area contributed by atoms with Crippen LogP contribution in [0.15, 0.2) is 42.5 Å². The van der Waals surface area contributed by atoms with Crippen molar-refractivity contribution in [2.24, 2.45) is 0 Å². The summed E-state index contributed by atoms with van der Waals surface area (Å²) < 4.78 is 27.0. The number of benzene rings is 2. The van der Waals surface area contributed by atoms with Crippen LogP contribution < -0.4 is 14.2 Å². The van der Waals surface area contributed by atoms with Gasteiger partial charge in [-0.15, -0.1) is 0 Å². The summed E-state index contributed by atoms with van der Waals surface area (Å²) in [6, 6.07) is 9.27. The molecule has 38 heavy (non-hydrogen) atoms. The zero-order valence-corrected chi connectivity index (χ0v) is 21.0. The van der Waals surface area contributed by atoms with Crippen LogP contribution in [0.3, 0.4) is 0 Å². The zero-order valence-electron chi connectivity index (χ0n) is 21.0. The first-order valence-electron chi connectivity index (χ1n) is 11.8. The van der Waals surface area contributed by atoms with E-state index in [4.69, 9.17) is 23.7 Å². The molecule has 0 bridgehead atoms. The van der Waals surface area contributed by atoms with E-state index < -0.39 is 56.1 Å². The van der Waals surface area contributed by atoms with Gasteiger partial charge in [0.15, 0.2) is 35.4 Å². The molecule has 1 aliphatic heterocycles. The Bertz CT molecular complexity index is 1060. The van der Waals surface area contributed by atoms with Crippen LogP contribution in [0.2, 0.25) is 0 Å². The number of phenolic OH excluding ortho intramolecular Hbond substituents is 1. The molecule has 3 rings (SSSR count). The van der Waals surface area contributed by atoms with Crippen LogP contribution in [0.4, 0.5) is 0 Å². The van der Waals surface area contributed by atoms with Crippen molar-refractivity contribution in [3.8, 4) is 23.0 Å². The van der Waals surface area contributed by atoms with E-state index in [1.807, 2.05) is 0 Å². The van der Waals surface area contributed by atoms with Crippen molar-refractivity contribution in [3.63, 3.8) is 0 Å². The third-order valence-electron chi connectivity index (χ3n) is 6.06. The van der Waals surface area contributed by atoms with Crippen molar-refractivity contribution in [2.45, 2.75) is 42.9 Å². The summed E-state index contributed by atoms with van der Waals surface area (Å²) in [5, 5.41) is 69.3. The molecule has 0 amide bonds. The minimum absolute atomic E-state index is 0.0157. The van der Waals surface area contributed by atoms with Gasteiger partial charge in [-0.05, 0) is 35.4 Å². The predicted octanol–water partition coefficient (Wildman–Crippen LogP) is -0.288. The summed E-state index contributed by atoms with van der Waals surface area (Å²) in [5.74, 6) is 0.679. The van der Waals surface area contributed by atoms with Crippen molar-refractivity contribution in [1.82, 2.24) is 0 Å². The fourth-order valence-electron chi connectivity index (χ4n) is 3.88. The lowest BCUT2D eigenvalue weighted by Crippen LogP contribution is -2.59. The van der Waals surface area contributed by atoms with Gasteiger partial charge in [0.05, 0.1) is 34.0 Å². The largest absolute Gasteiger partial charge is 0.504 e. The quantitative estimate of drug-likeness (QED) is 0.187. The second kappa shape index (κ2) is 13.7. The van der Waals surface area contributed by atoms with E-state index in [1.54, 1.807) is 30.4 Å². The Kier molecular flexibility index (Phi) is 10.7. The molecule has 1 fully saturated rings. The fraction of sp³-hybridized carbons (Fsp3) is 0.462. The summed E-state index contributed by atoms with van der Waals surface area (Å²) >= 11 is 0. The highest BCUT2D eigenvalue weighted by atomic mass is 16.7. The van der Waals surface area contributed by atoms with E-state index in [1.165, 1.54) is 32.4 Å². The third-order valence-corrected chi connectivity index (χ3v) is 6.06. The van der Waals surface area contributed by atoms with Crippen LogP contribution in [0.5, 0.6) is 23.0 Å². The van der Waals surface area contributed by atoms with Crippen LogP contribution in [0.1, 0.15) is 17.2 Å². The van der Waals surface area contributed by atoms with Crippen LogP contribution in [0.25, 0.3) is 6.08 Å². The molecule has 0 unspecified atom stereocenters. The Labute approximate surface area is 219 Å². The summed E-state index contributed by atoms with van der Waals surface area (Å²) in [5.41, 5.74) is 1.06. The first kappa shape index (κ1) is 29.6. The smallest absolute Gasteiger partial charge is 0.187 e. The number of hydrogen-bond donors (Lipinski definition) is 7. The second-order valence-electron chi connectivity index (χ2n) is 8.56. The van der Waals surface area contributed by atoms with Crippen molar-refractivity contribution < 1.29 is 59.4 Å². The van der Waals surface area contributed by atoms with Gasteiger partial charge in [0, 0.05) is 0 Å². The van der Waals surface area contributed by atoms with Crippen molar-refractivity contribution in [3.05, 3.63) is 53.6 Å². The maximum Gasteiger partial charge on any atom is 0.187 e. The average molecular weight is 539 g/mol. The minimum Gasteiger partial charge on any atom is -0.504 e. The monoisotopic (exact) mass is 538 g/mol. The van der Waals surface area contributed by atoms with Crippen molar-refractivity contribution >= 4 is 6.08 Å². The van der Waals surface area contributed by atoms with Gasteiger partial charge in [0.1, 0.15) is 30.5 Å². The first-order valence-corrected chi connectivity index (χ1v) is 11.8.